The molecule has 0 radical (unpaired) electrons. The predicted molar refractivity (Wildman–Crippen MR) is 238 cm³/mol. The second-order valence-corrected chi connectivity index (χ2v) is 18.6. The molecule has 2 amide bonds. The number of methoxy groups -OCH3 is 8. The fourth-order valence-corrected chi connectivity index (χ4v) is 9.82. The number of ether oxygens (including phenoxy) is 8. The molecule has 0 bridgehead atoms. The second kappa shape index (κ2) is 22.7. The van der Waals surface area contributed by atoms with Crippen LogP contribution in [0.3, 0.4) is 0 Å². The third-order valence-electron chi connectivity index (χ3n) is 13.0. The maximum atomic E-state index is 15.2. The molecule has 14 heteroatoms. The summed E-state index contributed by atoms with van der Waals surface area (Å²) in [5.74, 6) is -2.81. The lowest BCUT2D eigenvalue weighted by Crippen LogP contribution is -2.35. The molecule has 0 fully saturated rings. The SMILES string of the molecule is COC(C)(CCCC(CCCC(C)(OC)OC)CN1C(=O)C2=C(c3cccs3)N(CC(CCCC(C)(OC)OC)CCCC(C)(OC)OC)C(=O)C2=C1c1cccs1)OC. The number of amides is 2. The van der Waals surface area contributed by atoms with Crippen molar-refractivity contribution in [2.75, 3.05) is 70.0 Å². The molecule has 0 spiro atoms. The van der Waals surface area contributed by atoms with Crippen LogP contribution in [-0.2, 0) is 47.5 Å². The summed E-state index contributed by atoms with van der Waals surface area (Å²) < 4.78 is 45.5. The van der Waals surface area contributed by atoms with Crippen LogP contribution in [0.15, 0.2) is 46.2 Å². The van der Waals surface area contributed by atoms with Crippen molar-refractivity contribution in [3.63, 3.8) is 0 Å². The molecule has 0 aromatic carbocycles. The molecule has 2 aromatic rings. The second-order valence-electron chi connectivity index (χ2n) is 16.7. The molecule has 0 N–H and O–H groups in total. The Morgan fingerprint density at radius 1 is 0.483 bits per heavy atom. The van der Waals surface area contributed by atoms with Gasteiger partial charge in [-0.15, -0.1) is 22.7 Å². The Kier molecular flexibility index (Phi) is 19.0. The lowest BCUT2D eigenvalue weighted by atomic mass is 9.92. The minimum Gasteiger partial charge on any atom is -0.353 e. The van der Waals surface area contributed by atoms with E-state index in [0.717, 1.165) is 61.1 Å². The third kappa shape index (κ3) is 12.4. The summed E-state index contributed by atoms with van der Waals surface area (Å²) in [6.07, 6.45) is 9.49. The summed E-state index contributed by atoms with van der Waals surface area (Å²) in [4.78, 5) is 36.0. The van der Waals surface area contributed by atoms with Crippen LogP contribution in [-0.4, -0.2) is 115 Å². The maximum Gasteiger partial charge on any atom is 0.261 e. The smallest absolute Gasteiger partial charge is 0.261 e. The Balaban J connectivity index is 1.73. The summed E-state index contributed by atoms with van der Waals surface area (Å²) >= 11 is 3.10. The molecule has 2 aromatic heterocycles. The fraction of sp³-hybridized carbons (Fsp3) is 0.696. The monoisotopic (exact) mass is 876 g/mol. The Labute approximate surface area is 367 Å². The number of rotatable bonds is 30. The first-order valence-electron chi connectivity index (χ1n) is 21.2. The minimum absolute atomic E-state index is 0.121. The van der Waals surface area contributed by atoms with Gasteiger partial charge in [0.15, 0.2) is 23.1 Å². The van der Waals surface area contributed by atoms with Crippen molar-refractivity contribution >= 4 is 45.9 Å². The van der Waals surface area contributed by atoms with Crippen LogP contribution in [0.25, 0.3) is 11.4 Å². The van der Waals surface area contributed by atoms with Crippen molar-refractivity contribution < 1.29 is 47.5 Å². The lowest BCUT2D eigenvalue weighted by molar-refractivity contribution is -0.199. The standard InChI is InChI=1S/C46H72N2O10S2/c1-43(51-5,52-6)25-13-19-33(20-14-26-44(2,53-7)54-8)31-47-39(35-23-17-29-59-35)37-38(41(47)49)40(36-24-18-30-60-36)48(42(37)50)32-34(21-15-27-45(3,55-9)56-10)22-16-28-46(4,57-11)58-12/h17-18,23-24,29-30,33-34H,13-16,19-22,25-28,31-32H2,1-12H3. The predicted octanol–water partition coefficient (Wildman–Crippen LogP) is 9.57. The highest BCUT2D eigenvalue weighted by molar-refractivity contribution is 7.11. The topological polar surface area (TPSA) is 114 Å². The van der Waals surface area contributed by atoms with Crippen LogP contribution in [0, 0.1) is 11.8 Å². The number of nitrogens with zero attached hydrogens (tertiary/aromatic N) is 2. The Morgan fingerprint density at radius 3 is 0.967 bits per heavy atom. The third-order valence-corrected chi connectivity index (χ3v) is 14.8. The van der Waals surface area contributed by atoms with Crippen molar-refractivity contribution in [3.05, 3.63) is 55.9 Å². The Hall–Kier alpha value is -2.50. The molecule has 0 atom stereocenters. The zero-order valence-corrected chi connectivity index (χ0v) is 39.9. The largest absolute Gasteiger partial charge is 0.353 e. The van der Waals surface area contributed by atoms with Gasteiger partial charge in [0.05, 0.1) is 32.3 Å². The molecular weight excluding hydrogens is 805 g/mol. The molecule has 60 heavy (non-hydrogen) atoms. The lowest BCUT2D eigenvalue weighted by Gasteiger charge is -2.32. The normalized spacial score (nSPS) is 15.6. The van der Waals surface area contributed by atoms with Gasteiger partial charge < -0.3 is 47.7 Å². The van der Waals surface area contributed by atoms with E-state index in [1.165, 1.54) is 0 Å². The van der Waals surface area contributed by atoms with Crippen molar-refractivity contribution in [2.24, 2.45) is 11.8 Å². The van der Waals surface area contributed by atoms with E-state index >= 15 is 9.59 Å². The summed E-state index contributed by atoms with van der Waals surface area (Å²) in [7, 11) is 13.3. The van der Waals surface area contributed by atoms with Crippen molar-refractivity contribution in [3.8, 4) is 0 Å². The van der Waals surface area contributed by atoms with Gasteiger partial charge in [0.2, 0.25) is 0 Å². The molecule has 2 aliphatic rings. The minimum atomic E-state index is -0.700. The van der Waals surface area contributed by atoms with E-state index in [4.69, 9.17) is 37.9 Å². The molecule has 0 unspecified atom stereocenters. The molecule has 0 saturated heterocycles. The van der Waals surface area contributed by atoms with E-state index in [9.17, 15) is 0 Å². The quantitative estimate of drug-likeness (QED) is 0.0704. The van der Waals surface area contributed by atoms with Crippen molar-refractivity contribution in [2.45, 2.75) is 128 Å². The van der Waals surface area contributed by atoms with Gasteiger partial charge in [-0.1, -0.05) is 12.1 Å². The van der Waals surface area contributed by atoms with E-state index in [1.807, 2.05) is 72.5 Å². The number of carbonyl (C=O) groups is 2. The van der Waals surface area contributed by atoms with Crippen LogP contribution in [0.1, 0.15) is 114 Å². The molecule has 0 saturated carbocycles. The first-order valence-corrected chi connectivity index (χ1v) is 23.0. The van der Waals surface area contributed by atoms with Crippen LogP contribution in [0.4, 0.5) is 0 Å². The molecule has 2 aliphatic heterocycles. The van der Waals surface area contributed by atoms with Gasteiger partial charge in [-0.25, -0.2) is 0 Å². The number of fused-ring (bicyclic) bond motifs is 1. The number of hydrogen-bond donors (Lipinski definition) is 0. The molecule has 0 aliphatic carbocycles. The number of carbonyl (C=O) groups excluding carboxylic acids is 2. The van der Waals surface area contributed by atoms with E-state index in [0.29, 0.717) is 61.3 Å². The first-order chi connectivity index (χ1) is 28.6. The van der Waals surface area contributed by atoms with Crippen LogP contribution in [0.2, 0.25) is 0 Å². The average Bonchev–Trinajstić information content (AvgIpc) is 4.09. The zero-order valence-electron chi connectivity index (χ0n) is 38.3. The molecule has 4 rings (SSSR count). The Morgan fingerprint density at radius 2 is 0.750 bits per heavy atom. The highest BCUT2D eigenvalue weighted by Gasteiger charge is 2.50. The van der Waals surface area contributed by atoms with E-state index in [-0.39, 0.29) is 23.7 Å². The average molecular weight is 877 g/mol. The van der Waals surface area contributed by atoms with Crippen molar-refractivity contribution in [1.29, 1.82) is 0 Å². The number of thiophene rings is 2. The van der Waals surface area contributed by atoms with Gasteiger partial charge in [-0.3, -0.25) is 9.59 Å². The first kappa shape index (κ1) is 50.1. The molecular formula is C46H72N2O10S2. The van der Waals surface area contributed by atoms with Crippen LogP contribution >= 0.6 is 22.7 Å². The molecule has 4 heterocycles. The number of hydrogen-bond acceptors (Lipinski definition) is 12. The van der Waals surface area contributed by atoms with E-state index in [1.54, 1.807) is 79.6 Å². The summed E-state index contributed by atoms with van der Waals surface area (Å²) in [5.41, 5.74) is 2.41. The van der Waals surface area contributed by atoms with Gasteiger partial charge >= 0.3 is 0 Å². The van der Waals surface area contributed by atoms with Crippen LogP contribution in [0.5, 0.6) is 0 Å². The van der Waals surface area contributed by atoms with Gasteiger partial charge in [0.1, 0.15) is 0 Å². The van der Waals surface area contributed by atoms with Crippen molar-refractivity contribution in [1.82, 2.24) is 9.80 Å². The van der Waals surface area contributed by atoms with Gasteiger partial charge in [0.25, 0.3) is 11.8 Å². The summed E-state index contributed by atoms with van der Waals surface area (Å²) in [5, 5.41) is 4.01. The summed E-state index contributed by atoms with van der Waals surface area (Å²) in [6.45, 7) is 8.72. The van der Waals surface area contributed by atoms with Crippen LogP contribution < -0.4 is 0 Å². The Bertz CT molecular complexity index is 1520. The zero-order chi connectivity index (χ0) is 44.1. The molecule has 338 valence electrons. The maximum absolute atomic E-state index is 15.2. The van der Waals surface area contributed by atoms with E-state index in [2.05, 4.69) is 0 Å². The molecule has 12 nitrogen and oxygen atoms in total. The highest BCUT2D eigenvalue weighted by Crippen LogP contribution is 2.49. The highest BCUT2D eigenvalue weighted by atomic mass is 32.1. The summed E-state index contributed by atoms with van der Waals surface area (Å²) in [6, 6.07) is 8.00. The van der Waals surface area contributed by atoms with Gasteiger partial charge in [-0.05, 0) is 114 Å². The van der Waals surface area contributed by atoms with Gasteiger partial charge in [0, 0.05) is 95.7 Å². The van der Waals surface area contributed by atoms with Gasteiger partial charge in [-0.2, -0.15) is 0 Å². The fourth-order valence-electron chi connectivity index (χ4n) is 8.25. The van der Waals surface area contributed by atoms with E-state index < -0.39 is 23.1 Å².